The van der Waals surface area contributed by atoms with Gasteiger partial charge in [-0.25, -0.2) is 4.79 Å². The lowest BCUT2D eigenvalue weighted by Crippen LogP contribution is -2.49. The van der Waals surface area contributed by atoms with Crippen LogP contribution in [0.5, 0.6) is 11.5 Å². The van der Waals surface area contributed by atoms with E-state index in [0.29, 0.717) is 0 Å². The maximum atomic E-state index is 12.6. The van der Waals surface area contributed by atoms with Crippen molar-refractivity contribution in [2.24, 2.45) is 11.5 Å². The number of hydrogen-bond donors (Lipinski definition) is 10. The fraction of sp³-hybridized carbons (Fsp3) is 0.478. The van der Waals surface area contributed by atoms with Gasteiger partial charge in [0.05, 0.1) is 4.90 Å². The average Bonchev–Trinajstić information content (AvgIpc) is 2.88. The number of nitrogens with one attached hydrogen (secondary N) is 3. The molecule has 16 nitrogen and oxygen atoms in total. The molecule has 1 unspecified atom stereocenters. The molecule has 222 valence electrons. The van der Waals surface area contributed by atoms with Gasteiger partial charge in [0.2, 0.25) is 17.7 Å². The average molecular weight is 588 g/mol. The molecule has 3 amide bonds. The van der Waals surface area contributed by atoms with E-state index in [2.05, 4.69) is 16.0 Å². The van der Waals surface area contributed by atoms with Crippen LogP contribution in [0.25, 0.3) is 0 Å². The topological polar surface area (TPSA) is 292 Å². The third kappa shape index (κ3) is 11.0. The number of rotatable bonds is 17. The van der Waals surface area contributed by atoms with Crippen LogP contribution < -0.4 is 27.4 Å². The maximum absolute atomic E-state index is 12.6. The van der Waals surface area contributed by atoms with Gasteiger partial charge >= 0.3 is 17.9 Å². The van der Waals surface area contributed by atoms with Crippen molar-refractivity contribution in [3.05, 3.63) is 17.7 Å². The minimum Gasteiger partial charge on any atom is -0.504 e. The highest BCUT2D eigenvalue weighted by molar-refractivity contribution is 7.99. The zero-order valence-electron chi connectivity index (χ0n) is 21.5. The molecule has 0 fully saturated rings. The van der Waals surface area contributed by atoms with Crippen LogP contribution in [-0.4, -0.2) is 98.1 Å². The molecule has 40 heavy (non-hydrogen) atoms. The summed E-state index contributed by atoms with van der Waals surface area (Å²) in [6, 6.07) is -1.65. The highest BCUT2D eigenvalue weighted by Crippen LogP contribution is 2.39. The Labute approximate surface area is 232 Å². The van der Waals surface area contributed by atoms with E-state index < -0.39 is 77.7 Å². The molecule has 0 aliphatic rings. The fourth-order valence-corrected chi connectivity index (χ4v) is 4.32. The van der Waals surface area contributed by atoms with Crippen LogP contribution in [0.4, 0.5) is 0 Å². The molecule has 0 saturated carbocycles. The second-order valence-corrected chi connectivity index (χ2v) is 9.69. The van der Waals surface area contributed by atoms with E-state index >= 15 is 0 Å². The minimum atomic E-state index is -1.41. The highest BCUT2D eigenvalue weighted by Gasteiger charge is 2.29. The number of hydrogen-bond acceptors (Lipinski definition) is 11. The van der Waals surface area contributed by atoms with Crippen molar-refractivity contribution in [2.45, 2.75) is 55.1 Å². The van der Waals surface area contributed by atoms with E-state index in [4.69, 9.17) is 21.7 Å². The number of carboxylic acid groups (broad SMARTS) is 3. The van der Waals surface area contributed by atoms with Crippen molar-refractivity contribution in [1.82, 2.24) is 16.0 Å². The van der Waals surface area contributed by atoms with Gasteiger partial charge in [0.1, 0.15) is 24.7 Å². The van der Waals surface area contributed by atoms with Crippen LogP contribution in [0.1, 0.15) is 37.7 Å². The summed E-state index contributed by atoms with van der Waals surface area (Å²) in [4.78, 5) is 70.3. The van der Waals surface area contributed by atoms with Gasteiger partial charge in [-0.15, -0.1) is 11.8 Å². The van der Waals surface area contributed by atoms with Gasteiger partial charge in [-0.3, -0.25) is 24.0 Å². The Bertz CT molecular complexity index is 1120. The largest absolute Gasteiger partial charge is 0.504 e. The van der Waals surface area contributed by atoms with Gasteiger partial charge in [0, 0.05) is 31.1 Å². The van der Waals surface area contributed by atoms with Crippen molar-refractivity contribution >= 4 is 47.4 Å². The lowest BCUT2D eigenvalue weighted by molar-refractivity contribution is -0.142. The van der Waals surface area contributed by atoms with Gasteiger partial charge in [-0.1, -0.05) is 6.92 Å². The molecule has 4 atom stereocenters. The lowest BCUT2D eigenvalue weighted by atomic mass is 9.92. The number of thioether (sulfide) groups is 1. The minimum absolute atomic E-state index is 0.00253. The zero-order valence-corrected chi connectivity index (χ0v) is 22.3. The van der Waals surface area contributed by atoms with Crippen LogP contribution in [-0.2, 0) is 28.8 Å². The normalized spacial score (nSPS) is 13.8. The number of nitrogens with two attached hydrogens (primary N) is 2. The molecular weight excluding hydrogens is 554 g/mol. The molecule has 0 heterocycles. The van der Waals surface area contributed by atoms with Gasteiger partial charge in [0.25, 0.3) is 0 Å². The van der Waals surface area contributed by atoms with E-state index in [1.807, 2.05) is 0 Å². The van der Waals surface area contributed by atoms with E-state index in [1.165, 1.54) is 13.0 Å². The lowest BCUT2D eigenvalue weighted by Gasteiger charge is -2.23. The van der Waals surface area contributed by atoms with Crippen molar-refractivity contribution < 1.29 is 54.3 Å². The molecule has 0 aliphatic carbocycles. The summed E-state index contributed by atoms with van der Waals surface area (Å²) in [5.74, 6) is -8.71. The Morgan fingerprint density at radius 3 is 2.12 bits per heavy atom. The van der Waals surface area contributed by atoms with Gasteiger partial charge in [-0.2, -0.15) is 0 Å². The fourth-order valence-electron chi connectivity index (χ4n) is 3.28. The summed E-state index contributed by atoms with van der Waals surface area (Å²) in [6.07, 6.45) is -0.705. The molecule has 0 aromatic heterocycles. The first kappa shape index (κ1) is 33.9. The molecule has 0 spiro atoms. The Balaban J connectivity index is 3.16. The van der Waals surface area contributed by atoms with Crippen LogP contribution in [0.2, 0.25) is 0 Å². The molecule has 0 bridgehead atoms. The summed E-state index contributed by atoms with van der Waals surface area (Å²) in [7, 11) is 0. The first-order valence-electron chi connectivity index (χ1n) is 11.9. The first-order chi connectivity index (χ1) is 18.7. The molecular formula is C23H33N5O11S. The zero-order chi connectivity index (χ0) is 30.6. The van der Waals surface area contributed by atoms with Crippen LogP contribution >= 0.6 is 11.8 Å². The van der Waals surface area contributed by atoms with Gasteiger partial charge in [-0.05, 0) is 24.1 Å². The molecule has 1 aromatic rings. The summed E-state index contributed by atoms with van der Waals surface area (Å²) in [5.41, 5.74) is 10.9. The molecule has 17 heteroatoms. The van der Waals surface area contributed by atoms with Crippen LogP contribution in [0.15, 0.2) is 17.0 Å². The molecule has 1 rings (SSSR count). The number of carbonyl (C=O) groups is 6. The summed E-state index contributed by atoms with van der Waals surface area (Å²) in [6.45, 7) is 0.703. The Morgan fingerprint density at radius 2 is 1.57 bits per heavy atom. The molecule has 0 aliphatic heterocycles. The van der Waals surface area contributed by atoms with E-state index in [-0.39, 0.29) is 42.0 Å². The van der Waals surface area contributed by atoms with E-state index in [0.717, 1.165) is 17.8 Å². The number of benzene rings is 1. The maximum Gasteiger partial charge on any atom is 0.326 e. The second kappa shape index (κ2) is 16.1. The Kier molecular flexibility index (Phi) is 13.7. The predicted molar refractivity (Wildman–Crippen MR) is 140 cm³/mol. The smallest absolute Gasteiger partial charge is 0.326 e. The van der Waals surface area contributed by atoms with Gasteiger partial charge in [0.15, 0.2) is 11.5 Å². The highest BCUT2D eigenvalue weighted by atomic mass is 32.2. The molecule has 0 radical (unpaired) electrons. The summed E-state index contributed by atoms with van der Waals surface area (Å²) in [5, 5.41) is 54.7. The number of carbonyl (C=O) groups excluding carboxylic acids is 3. The SMILES string of the molecule is CC(c1cc(O)c(O)c(SC[C@H](NC(=O)CC[C@H](N)C(=O)O)C(=O)NCC(=O)O)c1)[C@H](NC(=O)CCN)C(=O)O. The van der Waals surface area contributed by atoms with Crippen LogP contribution in [0, 0.1) is 0 Å². The first-order valence-corrected chi connectivity index (χ1v) is 12.8. The third-order valence-electron chi connectivity index (χ3n) is 5.53. The predicted octanol–water partition coefficient (Wildman–Crippen LogP) is -1.91. The third-order valence-corrected chi connectivity index (χ3v) is 6.65. The van der Waals surface area contributed by atoms with Crippen LogP contribution in [0.3, 0.4) is 0 Å². The van der Waals surface area contributed by atoms with E-state index in [1.54, 1.807) is 0 Å². The number of amides is 3. The number of phenolic OH excluding ortho intramolecular Hbond substituents is 2. The van der Waals surface area contributed by atoms with Crippen molar-refractivity contribution in [1.29, 1.82) is 0 Å². The standard InChI is InChI=1S/C23H33N5O11S/c1-10(19(23(38)39)28-17(31)4-5-24)11-6-14(29)20(34)15(7-11)40-9-13(21(35)26-8-18(32)33)27-16(30)3-2-12(25)22(36)37/h6-7,10,12-13,19,29,34H,2-5,8-9,24-25H2,1H3,(H,26,35)(H,27,30)(H,28,31)(H,32,33)(H,36,37)(H,38,39)/t10?,12-,13-,19-/m0/s1. The monoisotopic (exact) mass is 587 g/mol. The van der Waals surface area contributed by atoms with Crippen molar-refractivity contribution in [2.75, 3.05) is 18.8 Å². The van der Waals surface area contributed by atoms with Crippen molar-refractivity contribution in [3.8, 4) is 11.5 Å². The molecule has 0 saturated heterocycles. The molecule has 1 aromatic carbocycles. The van der Waals surface area contributed by atoms with Gasteiger partial charge < -0.3 is 53.0 Å². The summed E-state index contributed by atoms with van der Waals surface area (Å²) >= 11 is 0.774. The van der Waals surface area contributed by atoms with Crippen molar-refractivity contribution in [3.63, 3.8) is 0 Å². The number of phenols is 2. The quantitative estimate of drug-likeness (QED) is 0.0703. The number of aliphatic carboxylic acids is 3. The Hall–Kier alpha value is -4.09. The molecule has 12 N–H and O–H groups in total. The second-order valence-electron chi connectivity index (χ2n) is 8.62. The van der Waals surface area contributed by atoms with E-state index in [9.17, 15) is 44.1 Å². The number of aromatic hydroxyl groups is 2. The Morgan fingerprint density at radius 1 is 0.950 bits per heavy atom. The number of carboxylic acids is 3. The summed E-state index contributed by atoms with van der Waals surface area (Å²) < 4.78 is 0.